The Morgan fingerprint density at radius 1 is 0.929 bits per heavy atom. The third-order valence-electron chi connectivity index (χ3n) is 4.85. The summed E-state index contributed by atoms with van der Waals surface area (Å²) >= 11 is 0. The first-order chi connectivity index (χ1) is 13.7. The molecule has 6 nitrogen and oxygen atoms in total. The largest absolute Gasteiger partial charge is 0.360 e. The lowest BCUT2D eigenvalue weighted by Gasteiger charge is -2.33. The van der Waals surface area contributed by atoms with Gasteiger partial charge in [-0.2, -0.15) is 0 Å². The first-order valence-corrected chi connectivity index (χ1v) is 9.66. The van der Waals surface area contributed by atoms with Crippen LogP contribution < -0.4 is 20.7 Å². The molecule has 0 spiro atoms. The fraction of sp³-hybridized carbons (Fsp3) is 0.273. The average Bonchev–Trinajstić information content (AvgIpc) is 2.76. The molecule has 2 aromatic carbocycles. The zero-order valence-corrected chi connectivity index (χ0v) is 15.9. The van der Waals surface area contributed by atoms with Crippen molar-refractivity contribution in [3.63, 3.8) is 0 Å². The number of hydrogen-bond acceptors (Lipinski definition) is 3. The molecule has 1 saturated heterocycles. The van der Waals surface area contributed by atoms with E-state index in [1.165, 1.54) is 16.7 Å². The molecule has 1 aliphatic rings. The highest BCUT2D eigenvalue weighted by molar-refractivity contribution is 5.93. The molecule has 0 aromatic heterocycles. The highest BCUT2D eigenvalue weighted by Gasteiger charge is 2.20. The van der Waals surface area contributed by atoms with Crippen molar-refractivity contribution in [3.05, 3.63) is 72.3 Å². The van der Waals surface area contributed by atoms with Gasteiger partial charge in [-0.05, 0) is 23.8 Å². The van der Waals surface area contributed by atoms with Gasteiger partial charge in [-0.25, -0.2) is 0 Å². The molecule has 0 saturated carbocycles. The Morgan fingerprint density at radius 3 is 2.25 bits per heavy atom. The summed E-state index contributed by atoms with van der Waals surface area (Å²) in [6, 6.07) is 19.9. The molecule has 0 unspecified atom stereocenters. The summed E-state index contributed by atoms with van der Waals surface area (Å²) < 4.78 is 0. The number of amides is 2. The first-order valence-electron chi connectivity index (χ1n) is 9.66. The Bertz CT molecular complexity index is 785. The molecule has 28 heavy (non-hydrogen) atoms. The second kappa shape index (κ2) is 10.3. The van der Waals surface area contributed by atoms with Crippen LogP contribution in [0.4, 0.5) is 5.69 Å². The van der Waals surface area contributed by atoms with E-state index in [0.29, 0.717) is 6.42 Å². The fourth-order valence-electron chi connectivity index (χ4n) is 3.23. The van der Waals surface area contributed by atoms with E-state index in [4.69, 9.17) is 0 Å². The van der Waals surface area contributed by atoms with E-state index >= 15 is 0 Å². The molecule has 6 heteroatoms. The number of nitrogens with zero attached hydrogens (tertiary/aromatic N) is 1. The minimum Gasteiger partial charge on any atom is -0.360 e. The molecule has 0 atom stereocenters. The van der Waals surface area contributed by atoms with Crippen molar-refractivity contribution in [1.82, 2.24) is 10.9 Å². The van der Waals surface area contributed by atoms with Gasteiger partial charge in [0.2, 0.25) is 5.91 Å². The predicted molar refractivity (Wildman–Crippen MR) is 111 cm³/mol. The third kappa shape index (κ3) is 6.25. The Balaban J connectivity index is 1.31. The molecule has 146 valence electrons. The molecule has 1 fully saturated rings. The highest BCUT2D eigenvalue weighted by Crippen LogP contribution is 2.12. The molecular formula is C22H27N4O2+. The van der Waals surface area contributed by atoms with Gasteiger partial charge in [0.25, 0.3) is 5.91 Å². The van der Waals surface area contributed by atoms with Crippen molar-refractivity contribution in [3.8, 4) is 0 Å². The second-order valence-electron chi connectivity index (χ2n) is 6.85. The van der Waals surface area contributed by atoms with Crippen LogP contribution in [0.25, 0.3) is 6.08 Å². The number of nitrogens with one attached hydrogen (secondary N) is 3. The number of carbonyl (C=O) groups excluding carboxylic acids is 2. The molecule has 2 aromatic rings. The van der Waals surface area contributed by atoms with E-state index in [2.05, 4.69) is 40.0 Å². The van der Waals surface area contributed by atoms with Crippen LogP contribution in [-0.4, -0.2) is 44.5 Å². The van der Waals surface area contributed by atoms with E-state index in [0.717, 1.165) is 38.3 Å². The van der Waals surface area contributed by atoms with Crippen molar-refractivity contribution in [2.24, 2.45) is 0 Å². The SMILES string of the molecule is O=C(/C=C/c1ccccc1)NNC(=O)CC[NH+]1CCN(c2ccccc2)CC1. The number of anilines is 1. The Hall–Kier alpha value is -3.12. The molecule has 3 N–H and O–H groups in total. The predicted octanol–water partition coefficient (Wildman–Crippen LogP) is 0.642. The van der Waals surface area contributed by atoms with Gasteiger partial charge in [0, 0.05) is 11.8 Å². The van der Waals surface area contributed by atoms with Crippen molar-refractivity contribution in [1.29, 1.82) is 0 Å². The quantitative estimate of drug-likeness (QED) is 0.510. The number of hydrazine groups is 1. The van der Waals surface area contributed by atoms with Crippen LogP contribution in [0.1, 0.15) is 12.0 Å². The van der Waals surface area contributed by atoms with Gasteiger partial charge in [0.1, 0.15) is 0 Å². The normalized spacial score (nSPS) is 14.8. The summed E-state index contributed by atoms with van der Waals surface area (Å²) in [4.78, 5) is 27.5. The van der Waals surface area contributed by atoms with E-state index < -0.39 is 0 Å². The number of benzene rings is 2. The zero-order chi connectivity index (χ0) is 19.6. The van der Waals surface area contributed by atoms with Crippen LogP contribution in [0.3, 0.4) is 0 Å². The lowest BCUT2D eigenvalue weighted by molar-refractivity contribution is -0.900. The molecule has 3 rings (SSSR count). The van der Waals surface area contributed by atoms with Gasteiger partial charge in [-0.15, -0.1) is 0 Å². The molecule has 1 heterocycles. The van der Waals surface area contributed by atoms with Crippen molar-refractivity contribution in [2.75, 3.05) is 37.6 Å². The number of piperazine rings is 1. The van der Waals surface area contributed by atoms with Crippen LogP contribution in [0, 0.1) is 0 Å². The number of quaternary nitrogens is 1. The monoisotopic (exact) mass is 379 g/mol. The molecule has 0 radical (unpaired) electrons. The molecule has 0 aliphatic carbocycles. The van der Waals surface area contributed by atoms with Crippen LogP contribution in [0.2, 0.25) is 0 Å². The molecular weight excluding hydrogens is 352 g/mol. The van der Waals surface area contributed by atoms with Gasteiger partial charge in [0.15, 0.2) is 0 Å². The average molecular weight is 379 g/mol. The molecule has 1 aliphatic heterocycles. The lowest BCUT2D eigenvalue weighted by Crippen LogP contribution is -3.15. The maximum Gasteiger partial charge on any atom is 0.262 e. The van der Waals surface area contributed by atoms with E-state index in [1.54, 1.807) is 6.08 Å². The number of hydrogen-bond donors (Lipinski definition) is 3. The summed E-state index contributed by atoms with van der Waals surface area (Å²) in [6.45, 7) is 4.76. The highest BCUT2D eigenvalue weighted by atomic mass is 16.2. The third-order valence-corrected chi connectivity index (χ3v) is 4.85. The summed E-state index contributed by atoms with van der Waals surface area (Å²) in [5.41, 5.74) is 7.09. The summed E-state index contributed by atoms with van der Waals surface area (Å²) in [6.07, 6.45) is 3.50. The van der Waals surface area contributed by atoms with Crippen LogP contribution in [0.5, 0.6) is 0 Å². The van der Waals surface area contributed by atoms with Gasteiger partial charge >= 0.3 is 0 Å². The zero-order valence-electron chi connectivity index (χ0n) is 15.9. The standard InChI is InChI=1S/C22H26N4O2/c27-21(12-11-19-7-3-1-4-8-19)23-24-22(28)13-14-25-15-17-26(18-16-25)20-9-5-2-6-10-20/h1-12H,13-18H2,(H,23,27)(H,24,28)/p+1/b12-11+. The van der Waals surface area contributed by atoms with E-state index in [9.17, 15) is 9.59 Å². The maximum atomic E-state index is 12.0. The summed E-state index contributed by atoms with van der Waals surface area (Å²) in [5, 5.41) is 0. The Morgan fingerprint density at radius 2 is 1.57 bits per heavy atom. The summed E-state index contributed by atoms with van der Waals surface area (Å²) in [7, 11) is 0. The van der Waals surface area contributed by atoms with Gasteiger partial charge < -0.3 is 9.80 Å². The number of carbonyl (C=O) groups is 2. The Labute approximate surface area is 165 Å². The van der Waals surface area contributed by atoms with Crippen molar-refractivity contribution < 1.29 is 14.5 Å². The van der Waals surface area contributed by atoms with Crippen LogP contribution >= 0.6 is 0 Å². The number of rotatable bonds is 6. The Kier molecular flexibility index (Phi) is 7.21. The smallest absolute Gasteiger partial charge is 0.262 e. The fourth-order valence-corrected chi connectivity index (χ4v) is 3.23. The van der Waals surface area contributed by atoms with Crippen LogP contribution in [0.15, 0.2) is 66.7 Å². The maximum absolute atomic E-state index is 12.0. The van der Waals surface area contributed by atoms with Crippen molar-refractivity contribution in [2.45, 2.75) is 6.42 Å². The summed E-state index contributed by atoms with van der Waals surface area (Å²) in [5.74, 6) is -0.513. The first kappa shape index (κ1) is 19.6. The van der Waals surface area contributed by atoms with Gasteiger partial charge in [-0.3, -0.25) is 20.4 Å². The van der Waals surface area contributed by atoms with Crippen molar-refractivity contribution >= 4 is 23.6 Å². The van der Waals surface area contributed by atoms with Gasteiger partial charge in [0.05, 0.1) is 39.1 Å². The topological polar surface area (TPSA) is 65.9 Å². The lowest BCUT2D eigenvalue weighted by atomic mass is 10.2. The minimum absolute atomic E-state index is 0.167. The molecule has 0 bridgehead atoms. The second-order valence-corrected chi connectivity index (χ2v) is 6.85. The minimum atomic E-state index is -0.346. The molecule has 2 amide bonds. The van der Waals surface area contributed by atoms with E-state index in [1.807, 2.05) is 36.4 Å². The van der Waals surface area contributed by atoms with Crippen LogP contribution in [-0.2, 0) is 9.59 Å². The number of para-hydroxylation sites is 1. The van der Waals surface area contributed by atoms with Gasteiger partial charge in [-0.1, -0.05) is 48.5 Å². The van der Waals surface area contributed by atoms with E-state index in [-0.39, 0.29) is 11.8 Å².